The lowest BCUT2D eigenvalue weighted by Crippen LogP contribution is -2.51. The maximum absolute atomic E-state index is 12.3. The molecule has 116 valence electrons. The number of carbonyl (C=O) groups is 2. The van der Waals surface area contributed by atoms with Gasteiger partial charge in [0.1, 0.15) is 5.71 Å². The maximum Gasteiger partial charge on any atom is 0.270 e. The molecule has 22 heavy (non-hydrogen) atoms. The highest BCUT2D eigenvalue weighted by molar-refractivity contribution is 6.39. The lowest BCUT2D eigenvalue weighted by atomic mass is 10.1. The normalized spacial score (nSPS) is 19.5. The van der Waals surface area contributed by atoms with Crippen LogP contribution < -0.4 is 5.43 Å². The molecule has 1 aromatic rings. The molecule has 7 nitrogen and oxygen atoms in total. The quantitative estimate of drug-likeness (QED) is 0.852. The summed E-state index contributed by atoms with van der Waals surface area (Å²) in [5, 5.41) is 3.88. The zero-order valence-corrected chi connectivity index (χ0v) is 12.4. The van der Waals surface area contributed by atoms with E-state index in [4.69, 9.17) is 0 Å². The molecular weight excluding hydrogens is 282 g/mol. The Hall–Kier alpha value is -2.28. The Morgan fingerprint density at radius 1 is 1.23 bits per heavy atom. The fourth-order valence-corrected chi connectivity index (χ4v) is 2.67. The van der Waals surface area contributed by atoms with Crippen molar-refractivity contribution in [3.8, 4) is 0 Å². The van der Waals surface area contributed by atoms with Gasteiger partial charge < -0.3 is 4.90 Å². The van der Waals surface area contributed by atoms with Crippen molar-refractivity contribution in [2.24, 2.45) is 5.10 Å². The summed E-state index contributed by atoms with van der Waals surface area (Å²) in [6.45, 7) is 3.89. The van der Waals surface area contributed by atoms with E-state index in [0.29, 0.717) is 31.6 Å². The predicted octanol–water partition coefficient (Wildman–Crippen LogP) is -0.00820. The third kappa shape index (κ3) is 3.48. The van der Waals surface area contributed by atoms with Crippen LogP contribution >= 0.6 is 0 Å². The van der Waals surface area contributed by atoms with Crippen LogP contribution in [0.25, 0.3) is 0 Å². The Labute approximate surface area is 129 Å². The van der Waals surface area contributed by atoms with Gasteiger partial charge in [0.25, 0.3) is 5.91 Å². The second kappa shape index (κ2) is 6.65. The molecule has 1 aromatic heterocycles. The predicted molar refractivity (Wildman–Crippen MR) is 80.9 cm³/mol. The minimum Gasteiger partial charge on any atom is -0.335 e. The molecule has 0 spiro atoms. The standard InChI is InChI=1S/C15H19N5O2/c21-14-4-3-13(17-18-14)15(22)20-8-6-19(7-9-20)11-12-2-1-5-16-10-12/h1-2,5,10H,3-4,6-9,11H2,(H,18,21). The molecule has 3 heterocycles. The van der Waals surface area contributed by atoms with Crippen LogP contribution in [0.1, 0.15) is 18.4 Å². The van der Waals surface area contributed by atoms with Gasteiger partial charge in [-0.3, -0.25) is 19.5 Å². The van der Waals surface area contributed by atoms with Crippen LogP contribution in [0, 0.1) is 0 Å². The number of rotatable bonds is 3. The first-order chi connectivity index (χ1) is 10.7. The van der Waals surface area contributed by atoms with Gasteiger partial charge in [-0.05, 0) is 11.6 Å². The topological polar surface area (TPSA) is 77.9 Å². The third-order valence-electron chi connectivity index (χ3n) is 3.94. The Morgan fingerprint density at radius 2 is 2.05 bits per heavy atom. The van der Waals surface area contributed by atoms with E-state index in [1.54, 1.807) is 6.20 Å². The Balaban J connectivity index is 1.51. The molecule has 2 aliphatic heterocycles. The lowest BCUT2D eigenvalue weighted by Gasteiger charge is -2.35. The molecule has 2 amide bonds. The van der Waals surface area contributed by atoms with Crippen LogP contribution in [0.5, 0.6) is 0 Å². The molecule has 0 aliphatic carbocycles. The summed E-state index contributed by atoms with van der Waals surface area (Å²) in [4.78, 5) is 31.7. The average Bonchev–Trinajstić information content (AvgIpc) is 2.57. The van der Waals surface area contributed by atoms with Gasteiger partial charge in [-0.1, -0.05) is 6.07 Å². The number of hydrogen-bond acceptors (Lipinski definition) is 5. The van der Waals surface area contributed by atoms with E-state index >= 15 is 0 Å². The average molecular weight is 301 g/mol. The van der Waals surface area contributed by atoms with Gasteiger partial charge in [0.15, 0.2) is 0 Å². The van der Waals surface area contributed by atoms with E-state index in [0.717, 1.165) is 19.6 Å². The molecule has 0 unspecified atom stereocenters. The van der Waals surface area contributed by atoms with Gasteiger partial charge in [-0.15, -0.1) is 0 Å². The van der Waals surface area contributed by atoms with Crippen LogP contribution in [0.3, 0.4) is 0 Å². The molecular formula is C15H19N5O2. The summed E-state index contributed by atoms with van der Waals surface area (Å²) in [6, 6.07) is 3.99. The zero-order chi connectivity index (χ0) is 15.4. The molecule has 0 saturated carbocycles. The van der Waals surface area contributed by atoms with Crippen molar-refractivity contribution in [3.05, 3.63) is 30.1 Å². The molecule has 0 aromatic carbocycles. The number of pyridine rings is 1. The number of carbonyl (C=O) groups excluding carboxylic acids is 2. The number of nitrogens with zero attached hydrogens (tertiary/aromatic N) is 4. The molecule has 0 radical (unpaired) electrons. The summed E-state index contributed by atoms with van der Waals surface area (Å²) in [6.07, 6.45) is 4.41. The highest BCUT2D eigenvalue weighted by atomic mass is 16.2. The number of aromatic nitrogens is 1. The first-order valence-corrected chi connectivity index (χ1v) is 7.48. The monoisotopic (exact) mass is 301 g/mol. The number of piperazine rings is 1. The smallest absolute Gasteiger partial charge is 0.270 e. The number of amides is 2. The summed E-state index contributed by atoms with van der Waals surface area (Å²) in [5.41, 5.74) is 4.02. The summed E-state index contributed by atoms with van der Waals surface area (Å²) in [5.74, 6) is -0.182. The van der Waals surface area contributed by atoms with Gasteiger partial charge in [-0.25, -0.2) is 5.43 Å². The van der Waals surface area contributed by atoms with Gasteiger partial charge >= 0.3 is 0 Å². The van der Waals surface area contributed by atoms with E-state index in [1.165, 1.54) is 5.56 Å². The largest absolute Gasteiger partial charge is 0.335 e. The van der Waals surface area contributed by atoms with Crippen molar-refractivity contribution in [1.29, 1.82) is 0 Å². The molecule has 1 saturated heterocycles. The molecule has 1 fully saturated rings. The van der Waals surface area contributed by atoms with Crippen molar-refractivity contribution in [2.75, 3.05) is 26.2 Å². The summed E-state index contributed by atoms with van der Waals surface area (Å²) < 4.78 is 0. The van der Waals surface area contributed by atoms with Crippen molar-refractivity contribution < 1.29 is 9.59 Å². The van der Waals surface area contributed by atoms with Crippen LogP contribution in [-0.2, 0) is 16.1 Å². The third-order valence-corrected chi connectivity index (χ3v) is 3.94. The van der Waals surface area contributed by atoms with E-state index in [2.05, 4.69) is 26.5 Å². The highest BCUT2D eigenvalue weighted by Gasteiger charge is 2.26. The van der Waals surface area contributed by atoms with Crippen molar-refractivity contribution in [3.63, 3.8) is 0 Å². The van der Waals surface area contributed by atoms with Gasteiger partial charge in [0.2, 0.25) is 5.91 Å². The van der Waals surface area contributed by atoms with Crippen LogP contribution in [0.4, 0.5) is 0 Å². The molecule has 3 rings (SSSR count). The Morgan fingerprint density at radius 3 is 2.68 bits per heavy atom. The Bertz CT molecular complexity index is 579. The minimum atomic E-state index is -0.127. The number of hydrogen-bond donors (Lipinski definition) is 1. The molecule has 7 heteroatoms. The minimum absolute atomic E-state index is 0.0546. The van der Waals surface area contributed by atoms with Crippen LogP contribution in [0.2, 0.25) is 0 Å². The number of nitrogens with one attached hydrogen (secondary N) is 1. The van der Waals surface area contributed by atoms with E-state index in [9.17, 15) is 9.59 Å². The fourth-order valence-electron chi connectivity index (χ4n) is 2.67. The van der Waals surface area contributed by atoms with E-state index in [1.807, 2.05) is 17.2 Å². The van der Waals surface area contributed by atoms with Crippen LogP contribution in [0.15, 0.2) is 29.6 Å². The first kappa shape index (κ1) is 14.6. The highest BCUT2D eigenvalue weighted by Crippen LogP contribution is 2.10. The van der Waals surface area contributed by atoms with Crippen LogP contribution in [-0.4, -0.2) is 58.5 Å². The van der Waals surface area contributed by atoms with Crippen molar-refractivity contribution in [2.45, 2.75) is 19.4 Å². The second-order valence-electron chi connectivity index (χ2n) is 5.52. The summed E-state index contributed by atoms with van der Waals surface area (Å²) >= 11 is 0. The second-order valence-corrected chi connectivity index (χ2v) is 5.52. The van der Waals surface area contributed by atoms with Crippen molar-refractivity contribution >= 4 is 17.5 Å². The van der Waals surface area contributed by atoms with Gasteiger partial charge in [-0.2, -0.15) is 5.10 Å². The summed E-state index contributed by atoms with van der Waals surface area (Å²) in [7, 11) is 0. The van der Waals surface area contributed by atoms with E-state index in [-0.39, 0.29) is 11.8 Å². The zero-order valence-electron chi connectivity index (χ0n) is 12.4. The Kier molecular flexibility index (Phi) is 4.43. The van der Waals surface area contributed by atoms with Gasteiger partial charge in [0.05, 0.1) is 0 Å². The fraction of sp³-hybridized carbons (Fsp3) is 0.467. The number of hydrazone groups is 1. The molecule has 1 N–H and O–H groups in total. The lowest BCUT2D eigenvalue weighted by molar-refractivity contribution is -0.126. The SMILES string of the molecule is O=C1CCC(C(=O)N2CCN(Cc3cccnc3)CC2)=NN1. The molecule has 0 bridgehead atoms. The molecule has 0 atom stereocenters. The first-order valence-electron chi connectivity index (χ1n) is 7.48. The molecule has 2 aliphatic rings. The van der Waals surface area contributed by atoms with Gasteiger partial charge in [0, 0.05) is 58.0 Å². The van der Waals surface area contributed by atoms with Crippen molar-refractivity contribution in [1.82, 2.24) is 20.2 Å². The maximum atomic E-state index is 12.3. The van der Waals surface area contributed by atoms with E-state index < -0.39 is 0 Å².